The number of hydrogen-bond acceptors (Lipinski definition) is 5. The van der Waals surface area contributed by atoms with Crippen LogP contribution < -0.4 is 9.64 Å². The molecule has 2 aliphatic rings. The molecule has 1 N–H and O–H groups in total. The van der Waals surface area contributed by atoms with Crippen molar-refractivity contribution < 1.29 is 24.2 Å². The maximum absolute atomic E-state index is 12.9. The third-order valence-corrected chi connectivity index (χ3v) is 5.06. The zero-order valence-corrected chi connectivity index (χ0v) is 15.2. The first-order valence-corrected chi connectivity index (χ1v) is 8.73. The van der Waals surface area contributed by atoms with Gasteiger partial charge in [0.2, 0.25) is 5.91 Å². The summed E-state index contributed by atoms with van der Waals surface area (Å²) in [6, 6.07) is 11.7. The van der Waals surface area contributed by atoms with Crippen LogP contribution in [0.4, 0.5) is 5.69 Å². The van der Waals surface area contributed by atoms with Gasteiger partial charge in [0.15, 0.2) is 11.5 Å². The number of methoxy groups -OCH3 is 1. The topological polar surface area (TPSA) is 76.1 Å². The van der Waals surface area contributed by atoms with Crippen LogP contribution in [0.1, 0.15) is 17.9 Å². The normalized spacial score (nSPS) is 19.2. The number of nitrogens with zero attached hydrogens (tertiary/aromatic N) is 1. The monoisotopic (exact) mass is 385 g/mol. The fraction of sp³-hybridized carbons (Fsp3) is 0.200. The molecular formula is C20H16ClNO5. The zero-order valence-electron chi connectivity index (χ0n) is 14.4. The van der Waals surface area contributed by atoms with E-state index in [1.165, 1.54) is 18.1 Å². The number of hydrogen-bond donors (Lipinski definition) is 1. The van der Waals surface area contributed by atoms with E-state index in [0.29, 0.717) is 27.5 Å². The first-order chi connectivity index (χ1) is 13.0. The van der Waals surface area contributed by atoms with Crippen molar-refractivity contribution in [2.24, 2.45) is 0 Å². The summed E-state index contributed by atoms with van der Waals surface area (Å²) in [6.07, 6.45) is 0.102. The van der Waals surface area contributed by atoms with Gasteiger partial charge in [-0.2, -0.15) is 0 Å². The van der Waals surface area contributed by atoms with Gasteiger partial charge in [-0.25, -0.2) is 4.79 Å². The van der Waals surface area contributed by atoms with Crippen molar-refractivity contribution in [1.29, 1.82) is 0 Å². The molecule has 0 unspecified atom stereocenters. The molecule has 4 rings (SSSR count). The molecule has 7 heteroatoms. The first-order valence-electron chi connectivity index (χ1n) is 8.35. The maximum Gasteiger partial charge on any atom is 0.336 e. The van der Waals surface area contributed by atoms with Crippen molar-refractivity contribution in [3.63, 3.8) is 0 Å². The van der Waals surface area contributed by atoms with Crippen molar-refractivity contribution in [3.05, 3.63) is 64.3 Å². The second-order valence-corrected chi connectivity index (χ2v) is 6.77. The smallest absolute Gasteiger partial charge is 0.336 e. The summed E-state index contributed by atoms with van der Waals surface area (Å²) in [6.45, 7) is 0.0360. The number of aromatic hydroxyl groups is 1. The van der Waals surface area contributed by atoms with Crippen LogP contribution in [-0.4, -0.2) is 30.7 Å². The Kier molecular flexibility index (Phi) is 4.28. The number of carbonyl (C=O) groups excluding carboxylic acids is 2. The van der Waals surface area contributed by atoms with Crippen LogP contribution >= 0.6 is 11.6 Å². The molecule has 6 nitrogen and oxygen atoms in total. The number of phenolic OH excluding ortho intramolecular Hbond substituents is 1. The van der Waals surface area contributed by atoms with Crippen LogP contribution in [0.15, 0.2) is 53.7 Å². The lowest BCUT2D eigenvalue weighted by molar-refractivity contribution is -0.136. The Balaban J connectivity index is 1.81. The average Bonchev–Trinajstić information content (AvgIpc) is 3.04. The van der Waals surface area contributed by atoms with Crippen molar-refractivity contribution >= 4 is 29.2 Å². The van der Waals surface area contributed by atoms with Gasteiger partial charge in [0.25, 0.3) is 0 Å². The molecule has 2 aromatic carbocycles. The Labute approximate surface area is 160 Å². The predicted molar refractivity (Wildman–Crippen MR) is 98.9 cm³/mol. The molecule has 2 heterocycles. The van der Waals surface area contributed by atoms with Crippen LogP contribution in [0, 0.1) is 0 Å². The summed E-state index contributed by atoms with van der Waals surface area (Å²) in [4.78, 5) is 26.9. The SMILES string of the molecule is COc1cc([C@@H]2CC(=O)N(c3ccc(Cl)cc3)C3=C2C(=O)OC3)ccc1O. The fourth-order valence-electron chi connectivity index (χ4n) is 3.54. The average molecular weight is 386 g/mol. The lowest BCUT2D eigenvalue weighted by atomic mass is 9.84. The van der Waals surface area contributed by atoms with Gasteiger partial charge in [0.05, 0.1) is 18.4 Å². The summed E-state index contributed by atoms with van der Waals surface area (Å²) in [7, 11) is 1.45. The summed E-state index contributed by atoms with van der Waals surface area (Å²) in [5.74, 6) is -0.761. The van der Waals surface area contributed by atoms with E-state index < -0.39 is 11.9 Å². The number of phenols is 1. The third kappa shape index (κ3) is 2.92. The van der Waals surface area contributed by atoms with Gasteiger partial charge in [-0.3, -0.25) is 9.69 Å². The minimum absolute atomic E-state index is 0.00521. The Hall–Kier alpha value is -2.99. The number of cyclic esters (lactones) is 1. The molecule has 0 saturated heterocycles. The van der Waals surface area contributed by atoms with Gasteiger partial charge in [-0.05, 0) is 42.0 Å². The molecule has 0 spiro atoms. The summed E-state index contributed by atoms with van der Waals surface area (Å²) in [5.41, 5.74) is 2.34. The predicted octanol–water partition coefficient (Wildman–Crippen LogP) is 3.39. The third-order valence-electron chi connectivity index (χ3n) is 4.81. The van der Waals surface area contributed by atoms with E-state index in [1.54, 1.807) is 36.4 Å². The van der Waals surface area contributed by atoms with E-state index in [0.717, 1.165) is 0 Å². The molecule has 1 amide bonds. The Bertz CT molecular complexity index is 967. The second kappa shape index (κ2) is 6.63. The molecule has 1 atom stereocenters. The van der Waals surface area contributed by atoms with E-state index >= 15 is 0 Å². The quantitative estimate of drug-likeness (QED) is 0.819. The minimum Gasteiger partial charge on any atom is -0.504 e. The highest BCUT2D eigenvalue weighted by atomic mass is 35.5. The molecule has 27 heavy (non-hydrogen) atoms. The van der Waals surface area contributed by atoms with Crippen LogP contribution in [0.3, 0.4) is 0 Å². The molecule has 0 bridgehead atoms. The van der Waals surface area contributed by atoms with Crippen LogP contribution in [0.25, 0.3) is 0 Å². The van der Waals surface area contributed by atoms with E-state index in [1.807, 2.05) is 0 Å². The number of amides is 1. The van der Waals surface area contributed by atoms with Gasteiger partial charge in [0.1, 0.15) is 6.61 Å². The van der Waals surface area contributed by atoms with Gasteiger partial charge in [0, 0.05) is 23.0 Å². The minimum atomic E-state index is -0.458. The Morgan fingerprint density at radius 1 is 1.19 bits per heavy atom. The van der Waals surface area contributed by atoms with Gasteiger partial charge in [-0.1, -0.05) is 17.7 Å². The molecule has 0 aliphatic carbocycles. The second-order valence-electron chi connectivity index (χ2n) is 6.33. The van der Waals surface area contributed by atoms with Crippen molar-refractivity contribution in [1.82, 2.24) is 0 Å². The molecule has 0 radical (unpaired) electrons. The highest BCUT2D eigenvalue weighted by Crippen LogP contribution is 2.43. The lowest BCUT2D eigenvalue weighted by Gasteiger charge is -2.32. The molecule has 2 aromatic rings. The number of ether oxygens (including phenoxy) is 2. The van der Waals surface area contributed by atoms with Crippen LogP contribution in [0.5, 0.6) is 11.5 Å². The highest BCUT2D eigenvalue weighted by molar-refractivity contribution is 6.30. The molecule has 0 aromatic heterocycles. The molecule has 2 aliphatic heterocycles. The molecular weight excluding hydrogens is 370 g/mol. The number of rotatable bonds is 3. The Morgan fingerprint density at radius 3 is 2.63 bits per heavy atom. The van der Waals surface area contributed by atoms with E-state index in [-0.39, 0.29) is 30.4 Å². The Morgan fingerprint density at radius 2 is 1.93 bits per heavy atom. The van der Waals surface area contributed by atoms with Crippen LogP contribution in [-0.2, 0) is 14.3 Å². The van der Waals surface area contributed by atoms with Gasteiger partial charge >= 0.3 is 5.97 Å². The lowest BCUT2D eigenvalue weighted by Crippen LogP contribution is -2.37. The van der Waals surface area contributed by atoms with Crippen molar-refractivity contribution in [2.45, 2.75) is 12.3 Å². The fourth-order valence-corrected chi connectivity index (χ4v) is 3.67. The van der Waals surface area contributed by atoms with Gasteiger partial charge in [-0.15, -0.1) is 0 Å². The van der Waals surface area contributed by atoms with E-state index in [9.17, 15) is 14.7 Å². The molecule has 138 valence electrons. The summed E-state index contributed by atoms with van der Waals surface area (Å²) >= 11 is 5.94. The van der Waals surface area contributed by atoms with Crippen LogP contribution in [0.2, 0.25) is 5.02 Å². The summed E-state index contributed by atoms with van der Waals surface area (Å²) in [5, 5.41) is 10.4. The standard InChI is InChI=1S/C20H16ClNO5/c1-26-17-8-11(2-7-16(17)23)14-9-18(24)22(13-5-3-12(21)4-6-13)15-10-27-20(25)19(14)15/h2-8,14,23H,9-10H2,1H3/t14-/m0/s1. The maximum atomic E-state index is 12.9. The number of benzene rings is 2. The molecule has 0 fully saturated rings. The van der Waals surface area contributed by atoms with Crippen molar-refractivity contribution in [2.75, 3.05) is 18.6 Å². The molecule has 0 saturated carbocycles. The number of halogens is 1. The summed E-state index contributed by atoms with van der Waals surface area (Å²) < 4.78 is 10.4. The number of anilines is 1. The van der Waals surface area contributed by atoms with E-state index in [2.05, 4.69) is 0 Å². The van der Waals surface area contributed by atoms with E-state index in [4.69, 9.17) is 21.1 Å². The van der Waals surface area contributed by atoms with Gasteiger partial charge < -0.3 is 14.6 Å². The number of esters is 1. The zero-order chi connectivity index (χ0) is 19.1. The highest BCUT2D eigenvalue weighted by Gasteiger charge is 2.43. The first kappa shape index (κ1) is 17.4. The number of carbonyl (C=O) groups is 2. The van der Waals surface area contributed by atoms with Crippen molar-refractivity contribution in [3.8, 4) is 11.5 Å². The largest absolute Gasteiger partial charge is 0.504 e.